The summed E-state index contributed by atoms with van der Waals surface area (Å²) in [5, 5.41) is 4.42. The van der Waals surface area contributed by atoms with E-state index in [0.717, 1.165) is 18.4 Å². The molecule has 3 heteroatoms. The molecule has 2 rings (SSSR count). The first-order valence-electron chi connectivity index (χ1n) is 6.14. The van der Waals surface area contributed by atoms with E-state index in [0.29, 0.717) is 11.6 Å². The first kappa shape index (κ1) is 11.7. The van der Waals surface area contributed by atoms with Crippen molar-refractivity contribution in [2.45, 2.75) is 55.9 Å². The normalized spacial score (nSPS) is 31.2. The molecule has 1 saturated carbocycles. The standard InChI is InChI=1S/C12H23NOS/c1-10(15-2)9-13-11-4-7-14-12(8-11)5-3-6-12/h10-11,13H,3-9H2,1-2H3. The number of rotatable bonds is 4. The van der Waals surface area contributed by atoms with Crippen LogP contribution in [0, 0.1) is 0 Å². The van der Waals surface area contributed by atoms with E-state index in [4.69, 9.17) is 4.74 Å². The largest absolute Gasteiger partial charge is 0.375 e. The van der Waals surface area contributed by atoms with Crippen LogP contribution >= 0.6 is 11.8 Å². The SMILES string of the molecule is CSC(C)CNC1CCOC2(CCC2)C1. The third-order valence-electron chi connectivity index (χ3n) is 3.85. The van der Waals surface area contributed by atoms with Crippen LogP contribution in [0.2, 0.25) is 0 Å². The molecule has 1 aliphatic carbocycles. The minimum atomic E-state index is 0.290. The lowest BCUT2D eigenvalue weighted by atomic mass is 9.74. The summed E-state index contributed by atoms with van der Waals surface area (Å²) in [6.45, 7) is 4.39. The van der Waals surface area contributed by atoms with E-state index >= 15 is 0 Å². The first-order chi connectivity index (χ1) is 7.24. The minimum Gasteiger partial charge on any atom is -0.375 e. The zero-order valence-electron chi connectivity index (χ0n) is 9.92. The van der Waals surface area contributed by atoms with Crippen molar-refractivity contribution in [2.75, 3.05) is 19.4 Å². The zero-order valence-corrected chi connectivity index (χ0v) is 10.7. The maximum atomic E-state index is 5.92. The predicted octanol–water partition coefficient (Wildman–Crippen LogP) is 2.43. The van der Waals surface area contributed by atoms with Crippen LogP contribution in [0.1, 0.15) is 39.0 Å². The molecule has 2 nitrogen and oxygen atoms in total. The molecule has 0 amide bonds. The Morgan fingerprint density at radius 3 is 2.93 bits per heavy atom. The summed E-state index contributed by atoms with van der Waals surface area (Å²) in [6.07, 6.45) is 8.58. The number of hydrogen-bond donors (Lipinski definition) is 1. The van der Waals surface area contributed by atoms with Gasteiger partial charge in [-0.15, -0.1) is 0 Å². The van der Waals surface area contributed by atoms with E-state index in [1.807, 2.05) is 11.8 Å². The predicted molar refractivity (Wildman–Crippen MR) is 66.5 cm³/mol. The topological polar surface area (TPSA) is 21.3 Å². The highest BCUT2D eigenvalue weighted by atomic mass is 32.2. The molecular formula is C12H23NOS. The lowest BCUT2D eigenvalue weighted by Crippen LogP contribution is -2.51. The van der Waals surface area contributed by atoms with Crippen LogP contribution in [0.3, 0.4) is 0 Å². The molecule has 0 aromatic heterocycles. The second kappa shape index (κ2) is 5.07. The van der Waals surface area contributed by atoms with Crippen LogP contribution in [0.5, 0.6) is 0 Å². The molecule has 1 heterocycles. The van der Waals surface area contributed by atoms with Crippen molar-refractivity contribution in [3.63, 3.8) is 0 Å². The Balaban J connectivity index is 1.73. The maximum Gasteiger partial charge on any atom is 0.0697 e. The van der Waals surface area contributed by atoms with Crippen molar-refractivity contribution < 1.29 is 4.74 Å². The number of hydrogen-bond acceptors (Lipinski definition) is 3. The average molecular weight is 229 g/mol. The van der Waals surface area contributed by atoms with E-state index in [1.165, 1.54) is 32.1 Å². The van der Waals surface area contributed by atoms with E-state index in [9.17, 15) is 0 Å². The van der Waals surface area contributed by atoms with Crippen LogP contribution in [-0.4, -0.2) is 36.3 Å². The van der Waals surface area contributed by atoms with Gasteiger partial charge in [-0.25, -0.2) is 0 Å². The third-order valence-corrected chi connectivity index (χ3v) is 4.83. The fourth-order valence-corrected chi connectivity index (χ4v) is 2.80. The Morgan fingerprint density at radius 2 is 2.33 bits per heavy atom. The van der Waals surface area contributed by atoms with Crippen LogP contribution in [-0.2, 0) is 4.74 Å². The Kier molecular flexibility index (Phi) is 3.97. The van der Waals surface area contributed by atoms with Crippen molar-refractivity contribution in [1.82, 2.24) is 5.32 Å². The molecule has 1 saturated heterocycles. The lowest BCUT2D eigenvalue weighted by molar-refractivity contribution is -0.135. The molecule has 2 aliphatic rings. The summed E-state index contributed by atoms with van der Waals surface area (Å²) < 4.78 is 5.92. The van der Waals surface area contributed by atoms with Gasteiger partial charge in [-0.05, 0) is 38.4 Å². The number of nitrogens with one attached hydrogen (secondary N) is 1. The molecule has 0 bridgehead atoms. The van der Waals surface area contributed by atoms with E-state index in [-0.39, 0.29) is 0 Å². The maximum absolute atomic E-state index is 5.92. The molecule has 0 radical (unpaired) electrons. The summed E-state index contributed by atoms with van der Waals surface area (Å²) in [4.78, 5) is 0. The monoisotopic (exact) mass is 229 g/mol. The molecule has 1 aliphatic heterocycles. The second-order valence-electron chi connectivity index (χ2n) is 5.03. The Bertz CT molecular complexity index is 206. The molecule has 0 aromatic rings. The van der Waals surface area contributed by atoms with Crippen molar-refractivity contribution in [1.29, 1.82) is 0 Å². The van der Waals surface area contributed by atoms with Crippen LogP contribution in [0.4, 0.5) is 0 Å². The average Bonchev–Trinajstić information content (AvgIpc) is 2.24. The molecule has 88 valence electrons. The highest BCUT2D eigenvalue weighted by molar-refractivity contribution is 7.99. The third kappa shape index (κ3) is 2.89. The molecule has 2 fully saturated rings. The van der Waals surface area contributed by atoms with Gasteiger partial charge in [-0.1, -0.05) is 6.92 Å². The van der Waals surface area contributed by atoms with Gasteiger partial charge in [0.15, 0.2) is 0 Å². The molecule has 15 heavy (non-hydrogen) atoms. The summed E-state index contributed by atoms with van der Waals surface area (Å²) in [7, 11) is 0. The van der Waals surface area contributed by atoms with Crippen molar-refractivity contribution in [3.05, 3.63) is 0 Å². The zero-order chi connectivity index (χ0) is 10.7. The van der Waals surface area contributed by atoms with E-state index in [2.05, 4.69) is 18.5 Å². The van der Waals surface area contributed by atoms with Gasteiger partial charge in [0, 0.05) is 24.4 Å². The fraction of sp³-hybridized carbons (Fsp3) is 1.00. The van der Waals surface area contributed by atoms with Crippen molar-refractivity contribution in [3.8, 4) is 0 Å². The van der Waals surface area contributed by atoms with Gasteiger partial charge in [0.2, 0.25) is 0 Å². The molecule has 2 atom stereocenters. The molecule has 2 unspecified atom stereocenters. The molecule has 1 N–H and O–H groups in total. The molecule has 0 aromatic carbocycles. The minimum absolute atomic E-state index is 0.290. The molecule has 1 spiro atoms. The quantitative estimate of drug-likeness (QED) is 0.800. The summed E-state index contributed by atoms with van der Waals surface area (Å²) >= 11 is 1.94. The smallest absolute Gasteiger partial charge is 0.0697 e. The first-order valence-corrected chi connectivity index (χ1v) is 7.43. The Labute approximate surface area is 97.5 Å². The van der Waals surface area contributed by atoms with E-state index < -0.39 is 0 Å². The molecular weight excluding hydrogens is 206 g/mol. The van der Waals surface area contributed by atoms with Gasteiger partial charge in [0.25, 0.3) is 0 Å². The number of ether oxygens (including phenoxy) is 1. The number of thioether (sulfide) groups is 1. The van der Waals surface area contributed by atoms with Crippen LogP contribution < -0.4 is 5.32 Å². The second-order valence-corrected chi connectivity index (χ2v) is 6.31. The van der Waals surface area contributed by atoms with Gasteiger partial charge in [-0.2, -0.15) is 11.8 Å². The van der Waals surface area contributed by atoms with Gasteiger partial charge >= 0.3 is 0 Å². The lowest BCUT2D eigenvalue weighted by Gasteiger charge is -2.47. The highest BCUT2D eigenvalue weighted by Crippen LogP contribution is 2.42. The van der Waals surface area contributed by atoms with Crippen LogP contribution in [0.25, 0.3) is 0 Å². The van der Waals surface area contributed by atoms with Gasteiger partial charge in [0.05, 0.1) is 5.60 Å². The van der Waals surface area contributed by atoms with Gasteiger partial charge < -0.3 is 10.1 Å². The summed E-state index contributed by atoms with van der Waals surface area (Å²) in [5.74, 6) is 0. The summed E-state index contributed by atoms with van der Waals surface area (Å²) in [6, 6.07) is 0.702. The fourth-order valence-electron chi connectivity index (χ4n) is 2.54. The Hall–Kier alpha value is 0.270. The van der Waals surface area contributed by atoms with Crippen molar-refractivity contribution >= 4 is 11.8 Å². The van der Waals surface area contributed by atoms with Gasteiger partial charge in [-0.3, -0.25) is 0 Å². The van der Waals surface area contributed by atoms with Crippen LogP contribution in [0.15, 0.2) is 0 Å². The Morgan fingerprint density at radius 1 is 1.53 bits per heavy atom. The van der Waals surface area contributed by atoms with Crippen molar-refractivity contribution in [2.24, 2.45) is 0 Å². The highest BCUT2D eigenvalue weighted by Gasteiger charge is 2.42. The van der Waals surface area contributed by atoms with E-state index in [1.54, 1.807) is 0 Å². The van der Waals surface area contributed by atoms with Gasteiger partial charge in [0.1, 0.15) is 0 Å². The summed E-state index contributed by atoms with van der Waals surface area (Å²) in [5.41, 5.74) is 0.290.